The van der Waals surface area contributed by atoms with Gasteiger partial charge in [-0.15, -0.1) is 0 Å². The zero-order valence-electron chi connectivity index (χ0n) is 10.2. The molecule has 2 aliphatic rings. The van der Waals surface area contributed by atoms with Crippen LogP contribution in [0.25, 0.3) is 0 Å². The van der Waals surface area contributed by atoms with Crippen LogP contribution in [0.1, 0.15) is 46.0 Å². The third kappa shape index (κ3) is 3.07. The van der Waals surface area contributed by atoms with E-state index in [1.165, 1.54) is 38.6 Å². The van der Waals surface area contributed by atoms with E-state index >= 15 is 0 Å². The van der Waals surface area contributed by atoms with Gasteiger partial charge in [-0.05, 0) is 56.4 Å². The summed E-state index contributed by atoms with van der Waals surface area (Å²) in [6.45, 7) is 5.96. The van der Waals surface area contributed by atoms with Gasteiger partial charge in [0.15, 0.2) is 0 Å². The highest BCUT2D eigenvalue weighted by Crippen LogP contribution is 2.33. The van der Waals surface area contributed by atoms with Crippen molar-refractivity contribution in [2.45, 2.75) is 52.0 Å². The summed E-state index contributed by atoms with van der Waals surface area (Å²) >= 11 is 0. The molecule has 1 heteroatoms. The second-order valence-electron chi connectivity index (χ2n) is 5.73. The molecular weight excluding hydrogens is 182 g/mol. The molecule has 0 aromatic carbocycles. The highest BCUT2D eigenvalue weighted by Gasteiger charge is 2.30. The Bertz CT molecular complexity index is 213. The largest absolute Gasteiger partial charge is 0.314 e. The SMILES string of the molecule is CC(C)C1CC(NCC2CC=CCC2)C1. The minimum atomic E-state index is 0.836. The average molecular weight is 207 g/mol. The predicted octanol–water partition coefficient (Wildman–Crippen LogP) is 3.37. The highest BCUT2D eigenvalue weighted by atomic mass is 14.9. The summed E-state index contributed by atoms with van der Waals surface area (Å²) in [4.78, 5) is 0. The lowest BCUT2D eigenvalue weighted by Crippen LogP contribution is -2.44. The van der Waals surface area contributed by atoms with Crippen molar-refractivity contribution in [1.29, 1.82) is 0 Å². The van der Waals surface area contributed by atoms with Gasteiger partial charge in [0.25, 0.3) is 0 Å². The van der Waals surface area contributed by atoms with Gasteiger partial charge < -0.3 is 5.32 Å². The van der Waals surface area contributed by atoms with Crippen LogP contribution >= 0.6 is 0 Å². The maximum Gasteiger partial charge on any atom is 0.00726 e. The molecule has 0 amide bonds. The number of allylic oxidation sites excluding steroid dienone is 2. The Kier molecular flexibility index (Phi) is 3.85. The molecule has 1 atom stereocenters. The van der Waals surface area contributed by atoms with E-state index in [0.29, 0.717) is 0 Å². The van der Waals surface area contributed by atoms with Crippen molar-refractivity contribution in [2.24, 2.45) is 17.8 Å². The van der Waals surface area contributed by atoms with Crippen LogP contribution in [0, 0.1) is 17.8 Å². The Hall–Kier alpha value is -0.300. The first-order valence-electron chi connectivity index (χ1n) is 6.64. The topological polar surface area (TPSA) is 12.0 Å². The molecule has 0 saturated heterocycles. The first kappa shape index (κ1) is 11.2. The number of hydrogen-bond acceptors (Lipinski definition) is 1. The van der Waals surface area contributed by atoms with E-state index in [1.807, 2.05) is 0 Å². The van der Waals surface area contributed by atoms with Crippen LogP contribution in [0.2, 0.25) is 0 Å². The van der Waals surface area contributed by atoms with Crippen LogP contribution in [0.5, 0.6) is 0 Å². The van der Waals surface area contributed by atoms with Gasteiger partial charge >= 0.3 is 0 Å². The monoisotopic (exact) mass is 207 g/mol. The lowest BCUT2D eigenvalue weighted by atomic mass is 9.73. The van der Waals surface area contributed by atoms with Crippen molar-refractivity contribution in [1.82, 2.24) is 5.32 Å². The molecule has 0 bridgehead atoms. The Morgan fingerprint density at radius 1 is 1.27 bits per heavy atom. The van der Waals surface area contributed by atoms with Crippen molar-refractivity contribution in [2.75, 3.05) is 6.54 Å². The first-order valence-corrected chi connectivity index (χ1v) is 6.64. The summed E-state index contributed by atoms with van der Waals surface area (Å²) in [5, 5.41) is 3.74. The molecular formula is C14H25N. The fraction of sp³-hybridized carbons (Fsp3) is 0.857. The van der Waals surface area contributed by atoms with Gasteiger partial charge in [-0.25, -0.2) is 0 Å². The minimum absolute atomic E-state index is 0.836. The molecule has 0 spiro atoms. The molecule has 2 rings (SSSR count). The fourth-order valence-electron chi connectivity index (χ4n) is 2.75. The molecule has 2 aliphatic carbocycles. The average Bonchev–Trinajstić information content (AvgIpc) is 2.16. The number of rotatable bonds is 4. The summed E-state index contributed by atoms with van der Waals surface area (Å²) < 4.78 is 0. The maximum atomic E-state index is 3.74. The van der Waals surface area contributed by atoms with Gasteiger partial charge in [0.05, 0.1) is 0 Å². The van der Waals surface area contributed by atoms with Crippen LogP contribution in [0.15, 0.2) is 12.2 Å². The normalized spacial score (nSPS) is 35.5. The Labute approximate surface area is 94.3 Å². The van der Waals surface area contributed by atoms with Crippen LogP contribution < -0.4 is 5.32 Å². The minimum Gasteiger partial charge on any atom is -0.314 e. The molecule has 0 radical (unpaired) electrons. The summed E-state index contributed by atoms with van der Waals surface area (Å²) in [6, 6.07) is 0.836. The number of hydrogen-bond donors (Lipinski definition) is 1. The predicted molar refractivity (Wildman–Crippen MR) is 65.8 cm³/mol. The van der Waals surface area contributed by atoms with E-state index in [1.54, 1.807) is 0 Å². The van der Waals surface area contributed by atoms with Crippen LogP contribution in [0.4, 0.5) is 0 Å². The summed E-state index contributed by atoms with van der Waals surface area (Å²) in [6.07, 6.45) is 11.5. The summed E-state index contributed by atoms with van der Waals surface area (Å²) in [7, 11) is 0. The quantitative estimate of drug-likeness (QED) is 0.697. The van der Waals surface area contributed by atoms with E-state index in [4.69, 9.17) is 0 Å². The van der Waals surface area contributed by atoms with Crippen molar-refractivity contribution in [3.63, 3.8) is 0 Å². The molecule has 1 fully saturated rings. The van der Waals surface area contributed by atoms with E-state index in [9.17, 15) is 0 Å². The third-order valence-corrected chi connectivity index (χ3v) is 4.19. The molecule has 0 aromatic heterocycles. The zero-order valence-corrected chi connectivity index (χ0v) is 10.2. The molecule has 0 heterocycles. The summed E-state index contributed by atoms with van der Waals surface area (Å²) in [5.41, 5.74) is 0. The molecule has 1 unspecified atom stereocenters. The van der Waals surface area contributed by atoms with Gasteiger partial charge in [0.1, 0.15) is 0 Å². The molecule has 0 aliphatic heterocycles. The molecule has 86 valence electrons. The Morgan fingerprint density at radius 3 is 2.67 bits per heavy atom. The van der Waals surface area contributed by atoms with Crippen LogP contribution in [-0.4, -0.2) is 12.6 Å². The van der Waals surface area contributed by atoms with Gasteiger partial charge in [-0.1, -0.05) is 26.0 Å². The molecule has 1 nitrogen and oxygen atoms in total. The molecule has 0 aromatic rings. The van der Waals surface area contributed by atoms with Crippen molar-refractivity contribution < 1.29 is 0 Å². The second kappa shape index (κ2) is 5.16. The van der Waals surface area contributed by atoms with E-state index < -0.39 is 0 Å². The Balaban J connectivity index is 1.58. The van der Waals surface area contributed by atoms with Gasteiger partial charge in [0, 0.05) is 6.04 Å². The van der Waals surface area contributed by atoms with Crippen molar-refractivity contribution in [3.8, 4) is 0 Å². The first-order chi connectivity index (χ1) is 7.25. The Morgan fingerprint density at radius 2 is 2.07 bits per heavy atom. The lowest BCUT2D eigenvalue weighted by molar-refractivity contribution is 0.163. The summed E-state index contributed by atoms with van der Waals surface area (Å²) in [5.74, 6) is 2.79. The van der Waals surface area contributed by atoms with Crippen molar-refractivity contribution >= 4 is 0 Å². The second-order valence-corrected chi connectivity index (χ2v) is 5.73. The maximum absolute atomic E-state index is 3.74. The fourth-order valence-corrected chi connectivity index (χ4v) is 2.75. The van der Waals surface area contributed by atoms with Crippen LogP contribution in [-0.2, 0) is 0 Å². The highest BCUT2D eigenvalue weighted by molar-refractivity contribution is 4.92. The van der Waals surface area contributed by atoms with E-state index in [0.717, 1.165) is 23.8 Å². The zero-order chi connectivity index (χ0) is 10.7. The van der Waals surface area contributed by atoms with E-state index in [2.05, 4.69) is 31.3 Å². The molecule has 15 heavy (non-hydrogen) atoms. The number of nitrogens with one attached hydrogen (secondary N) is 1. The van der Waals surface area contributed by atoms with Crippen LogP contribution in [0.3, 0.4) is 0 Å². The van der Waals surface area contributed by atoms with Gasteiger partial charge in [0.2, 0.25) is 0 Å². The smallest absolute Gasteiger partial charge is 0.00726 e. The van der Waals surface area contributed by atoms with Gasteiger partial charge in [-0.3, -0.25) is 0 Å². The molecule has 1 saturated carbocycles. The lowest BCUT2D eigenvalue weighted by Gasteiger charge is -2.39. The van der Waals surface area contributed by atoms with E-state index in [-0.39, 0.29) is 0 Å². The third-order valence-electron chi connectivity index (χ3n) is 4.19. The van der Waals surface area contributed by atoms with Gasteiger partial charge in [-0.2, -0.15) is 0 Å². The molecule has 1 N–H and O–H groups in total. The standard InChI is InChI=1S/C14H25N/c1-11(2)13-8-14(9-13)15-10-12-6-4-3-5-7-12/h3-4,11-15H,5-10H2,1-2H3. The van der Waals surface area contributed by atoms with Crippen molar-refractivity contribution in [3.05, 3.63) is 12.2 Å².